The summed E-state index contributed by atoms with van der Waals surface area (Å²) in [5.74, 6) is -0.919. The third kappa shape index (κ3) is 6.28. The molecule has 2 rings (SSSR count). The Morgan fingerprint density at radius 2 is 1.89 bits per heavy atom. The second-order valence-electron chi connectivity index (χ2n) is 5.72. The van der Waals surface area contributed by atoms with Gasteiger partial charge in [-0.25, -0.2) is 4.79 Å². The molecule has 0 saturated heterocycles. The zero-order chi connectivity index (χ0) is 20.1. The Hall–Kier alpha value is -1.47. The van der Waals surface area contributed by atoms with Crippen LogP contribution in [0.5, 0.6) is 5.75 Å². The molecule has 9 heteroatoms. The lowest BCUT2D eigenvalue weighted by atomic mass is 10.2. The van der Waals surface area contributed by atoms with Crippen molar-refractivity contribution >= 4 is 80.1 Å². The number of carboxylic acids is 1. The number of amides is 1. The smallest absolute Gasteiger partial charge is 0.337 e. The highest BCUT2D eigenvalue weighted by Crippen LogP contribution is 2.26. The summed E-state index contributed by atoms with van der Waals surface area (Å²) in [6.45, 7) is 3.79. The van der Waals surface area contributed by atoms with Gasteiger partial charge in [0, 0.05) is 12.7 Å². The maximum absolute atomic E-state index is 12.4. The number of nitrogens with one attached hydrogen (secondary N) is 2. The van der Waals surface area contributed by atoms with Gasteiger partial charge in [0.2, 0.25) is 0 Å². The number of carbonyl (C=O) groups excluding carboxylic acids is 1. The molecule has 0 unspecified atom stereocenters. The molecule has 27 heavy (non-hydrogen) atoms. The molecule has 0 fully saturated rings. The van der Waals surface area contributed by atoms with Crippen molar-refractivity contribution in [2.75, 3.05) is 5.32 Å². The van der Waals surface area contributed by atoms with E-state index >= 15 is 0 Å². The first-order chi connectivity index (χ1) is 12.7. The van der Waals surface area contributed by atoms with E-state index in [0.29, 0.717) is 20.6 Å². The number of aromatic carboxylic acids is 1. The Balaban J connectivity index is 2.15. The fraction of sp³-hybridized carbons (Fsp3) is 0.167. The molecule has 2 aromatic carbocycles. The molecule has 142 valence electrons. The molecule has 1 amide bonds. The summed E-state index contributed by atoms with van der Waals surface area (Å²) in [6, 6.07) is 10.1. The summed E-state index contributed by atoms with van der Waals surface area (Å²) in [5, 5.41) is 14.8. The van der Waals surface area contributed by atoms with E-state index in [0.717, 1.165) is 3.57 Å². The Labute approximate surface area is 189 Å². The number of carboxylic acid groups (broad SMARTS) is 1. The van der Waals surface area contributed by atoms with Gasteiger partial charge in [-0.05, 0) is 102 Å². The molecule has 3 N–H and O–H groups in total. The highest BCUT2D eigenvalue weighted by molar-refractivity contribution is 14.1. The van der Waals surface area contributed by atoms with E-state index in [9.17, 15) is 14.7 Å². The summed E-state index contributed by atoms with van der Waals surface area (Å²) in [7, 11) is 0. The molecule has 0 aliphatic rings. The van der Waals surface area contributed by atoms with E-state index in [1.165, 1.54) is 6.07 Å². The minimum atomic E-state index is -1.08. The van der Waals surface area contributed by atoms with E-state index in [2.05, 4.69) is 10.6 Å². The fourth-order valence-corrected chi connectivity index (χ4v) is 4.35. The van der Waals surface area contributed by atoms with Crippen LogP contribution in [0.25, 0.3) is 0 Å². The van der Waals surface area contributed by atoms with Crippen LogP contribution >= 0.6 is 57.4 Å². The molecule has 6 nitrogen and oxygen atoms in total. The molecule has 0 spiro atoms. The number of anilines is 1. The van der Waals surface area contributed by atoms with E-state index in [-0.39, 0.29) is 16.8 Å². The molecular weight excluding hydrogens is 594 g/mol. The molecule has 0 radical (unpaired) electrons. The van der Waals surface area contributed by atoms with Gasteiger partial charge in [0.25, 0.3) is 5.91 Å². The third-order valence-electron chi connectivity index (χ3n) is 3.22. The van der Waals surface area contributed by atoms with Gasteiger partial charge in [0.05, 0.1) is 17.4 Å². The van der Waals surface area contributed by atoms with Gasteiger partial charge in [-0.3, -0.25) is 10.1 Å². The molecule has 0 aromatic heterocycles. The van der Waals surface area contributed by atoms with Gasteiger partial charge in [-0.15, -0.1) is 0 Å². The minimum absolute atomic E-state index is 0.0107. The number of benzene rings is 2. The third-order valence-corrected chi connectivity index (χ3v) is 4.90. The second kappa shape index (κ2) is 9.64. The number of halogens is 2. The Bertz CT molecular complexity index is 903. The van der Waals surface area contributed by atoms with Gasteiger partial charge in [-0.2, -0.15) is 0 Å². The van der Waals surface area contributed by atoms with Crippen LogP contribution in [0.3, 0.4) is 0 Å². The minimum Gasteiger partial charge on any atom is -0.491 e. The van der Waals surface area contributed by atoms with Crippen LogP contribution in [0.4, 0.5) is 5.69 Å². The average molecular weight is 610 g/mol. The topological polar surface area (TPSA) is 87.7 Å². The van der Waals surface area contributed by atoms with Gasteiger partial charge >= 0.3 is 5.97 Å². The first kappa shape index (κ1) is 21.8. The van der Waals surface area contributed by atoms with Gasteiger partial charge < -0.3 is 15.2 Å². The van der Waals surface area contributed by atoms with Gasteiger partial charge in [0.15, 0.2) is 5.11 Å². The standard InChI is InChI=1S/C18H16I2N2O4S/c1-9(2)26-12-5-3-4-10(6-12)16(23)22-18(27)21-15-13(17(24)25)7-11(19)8-14(15)20/h3-9H,1-2H3,(H,24,25)(H2,21,22,23,27). The molecular formula is C18H16I2N2O4S. The Morgan fingerprint density at radius 3 is 2.52 bits per heavy atom. The number of thiocarbonyl (C=S) groups is 1. The molecule has 0 bridgehead atoms. The lowest BCUT2D eigenvalue weighted by Crippen LogP contribution is -2.34. The normalized spacial score (nSPS) is 10.4. The molecule has 0 heterocycles. The summed E-state index contributed by atoms with van der Waals surface area (Å²) in [5.41, 5.74) is 0.800. The van der Waals surface area contributed by atoms with Crippen LogP contribution in [0.15, 0.2) is 36.4 Å². The average Bonchev–Trinajstić information content (AvgIpc) is 2.56. The van der Waals surface area contributed by atoms with E-state index in [1.807, 2.05) is 65.1 Å². The Kier molecular flexibility index (Phi) is 7.79. The molecule has 0 atom stereocenters. The van der Waals surface area contributed by atoms with Crippen LogP contribution in [-0.2, 0) is 0 Å². The van der Waals surface area contributed by atoms with Crippen molar-refractivity contribution in [3.63, 3.8) is 0 Å². The van der Waals surface area contributed by atoms with E-state index in [1.54, 1.807) is 24.3 Å². The van der Waals surface area contributed by atoms with Crippen molar-refractivity contribution in [2.24, 2.45) is 0 Å². The van der Waals surface area contributed by atoms with Crippen LogP contribution in [0, 0.1) is 7.14 Å². The first-order valence-corrected chi connectivity index (χ1v) is 10.4. The summed E-state index contributed by atoms with van der Waals surface area (Å²) < 4.78 is 7.05. The number of hydrogen-bond donors (Lipinski definition) is 3. The monoisotopic (exact) mass is 610 g/mol. The predicted octanol–water partition coefficient (Wildman–Crippen LogP) is 4.51. The fourth-order valence-electron chi connectivity index (χ4n) is 2.17. The maximum atomic E-state index is 12.4. The highest BCUT2D eigenvalue weighted by Gasteiger charge is 2.17. The predicted molar refractivity (Wildman–Crippen MR) is 125 cm³/mol. The van der Waals surface area contributed by atoms with Crippen molar-refractivity contribution < 1.29 is 19.4 Å². The summed E-state index contributed by atoms with van der Waals surface area (Å²) >= 11 is 9.24. The lowest BCUT2D eigenvalue weighted by molar-refractivity contribution is 0.0697. The number of hydrogen-bond acceptors (Lipinski definition) is 4. The number of ether oxygens (including phenoxy) is 1. The van der Waals surface area contributed by atoms with Crippen LogP contribution in [0.1, 0.15) is 34.6 Å². The van der Waals surface area contributed by atoms with Gasteiger partial charge in [0.1, 0.15) is 5.75 Å². The second-order valence-corrected chi connectivity index (χ2v) is 8.53. The highest BCUT2D eigenvalue weighted by atomic mass is 127. The van der Waals surface area contributed by atoms with Crippen molar-refractivity contribution in [1.82, 2.24) is 5.32 Å². The number of rotatable bonds is 5. The largest absolute Gasteiger partial charge is 0.491 e. The van der Waals surface area contributed by atoms with Crippen molar-refractivity contribution in [1.29, 1.82) is 0 Å². The van der Waals surface area contributed by atoms with Crippen LogP contribution < -0.4 is 15.4 Å². The molecule has 2 aromatic rings. The summed E-state index contributed by atoms with van der Waals surface area (Å²) in [4.78, 5) is 23.9. The van der Waals surface area contributed by atoms with Gasteiger partial charge in [-0.1, -0.05) is 6.07 Å². The van der Waals surface area contributed by atoms with Crippen LogP contribution in [-0.4, -0.2) is 28.2 Å². The first-order valence-electron chi connectivity index (χ1n) is 7.78. The van der Waals surface area contributed by atoms with Crippen LogP contribution in [0.2, 0.25) is 0 Å². The Morgan fingerprint density at radius 1 is 1.19 bits per heavy atom. The molecule has 0 aliphatic carbocycles. The SMILES string of the molecule is CC(C)Oc1cccc(C(=O)NC(=S)Nc2c(I)cc(I)cc2C(=O)O)c1. The van der Waals surface area contributed by atoms with Crippen molar-refractivity contribution in [3.05, 3.63) is 54.7 Å². The van der Waals surface area contributed by atoms with Crippen molar-refractivity contribution in [2.45, 2.75) is 20.0 Å². The quantitative estimate of drug-likeness (QED) is 0.342. The maximum Gasteiger partial charge on any atom is 0.337 e. The zero-order valence-corrected chi connectivity index (χ0v) is 19.5. The summed E-state index contributed by atoms with van der Waals surface area (Å²) in [6.07, 6.45) is -0.0107. The van der Waals surface area contributed by atoms with E-state index < -0.39 is 11.9 Å². The lowest BCUT2D eigenvalue weighted by Gasteiger charge is -2.14. The zero-order valence-electron chi connectivity index (χ0n) is 14.4. The van der Waals surface area contributed by atoms with Crippen molar-refractivity contribution in [3.8, 4) is 5.75 Å². The molecule has 0 aliphatic heterocycles. The molecule has 0 saturated carbocycles. The number of carbonyl (C=O) groups is 2. The van der Waals surface area contributed by atoms with E-state index in [4.69, 9.17) is 17.0 Å².